The van der Waals surface area contributed by atoms with E-state index in [1.165, 1.54) is 0 Å². The first-order chi connectivity index (χ1) is 8.06. The SMILES string of the molecule is Clc1cccc(Oc2c(Cl)cc(Cl)cc2Cl)c1. The van der Waals surface area contributed by atoms with Crippen LogP contribution >= 0.6 is 46.4 Å². The Hall–Kier alpha value is -0.600. The van der Waals surface area contributed by atoms with Gasteiger partial charge >= 0.3 is 0 Å². The molecule has 0 bridgehead atoms. The number of halogens is 4. The molecule has 2 aromatic rings. The van der Waals surface area contributed by atoms with Gasteiger partial charge in [-0.1, -0.05) is 52.5 Å². The van der Waals surface area contributed by atoms with E-state index in [0.29, 0.717) is 31.6 Å². The second-order valence-electron chi connectivity index (χ2n) is 3.26. The van der Waals surface area contributed by atoms with E-state index in [1.807, 2.05) is 0 Å². The summed E-state index contributed by atoms with van der Waals surface area (Å²) < 4.78 is 5.57. The summed E-state index contributed by atoms with van der Waals surface area (Å²) in [4.78, 5) is 0. The molecule has 0 N–H and O–H groups in total. The van der Waals surface area contributed by atoms with Gasteiger partial charge in [-0.25, -0.2) is 0 Å². The summed E-state index contributed by atoms with van der Waals surface area (Å²) in [6, 6.07) is 10.1. The predicted octanol–water partition coefficient (Wildman–Crippen LogP) is 6.09. The fourth-order valence-corrected chi connectivity index (χ4v) is 2.35. The molecule has 1 nitrogen and oxygen atoms in total. The minimum Gasteiger partial charge on any atom is -0.454 e. The summed E-state index contributed by atoms with van der Waals surface area (Å²) in [7, 11) is 0. The van der Waals surface area contributed by atoms with Crippen molar-refractivity contribution in [3.8, 4) is 11.5 Å². The molecule has 0 amide bonds. The Morgan fingerprint density at radius 1 is 0.765 bits per heavy atom. The molecule has 5 heteroatoms. The number of hydrogen-bond acceptors (Lipinski definition) is 1. The highest BCUT2D eigenvalue weighted by Gasteiger charge is 2.10. The van der Waals surface area contributed by atoms with E-state index < -0.39 is 0 Å². The minimum atomic E-state index is 0.350. The van der Waals surface area contributed by atoms with Gasteiger partial charge in [0.1, 0.15) is 5.75 Å². The van der Waals surface area contributed by atoms with Crippen molar-refractivity contribution in [2.24, 2.45) is 0 Å². The molecule has 2 aromatic carbocycles. The lowest BCUT2D eigenvalue weighted by Gasteiger charge is -2.10. The third-order valence-corrected chi connectivity index (χ3v) is 2.99. The summed E-state index contributed by atoms with van der Waals surface area (Å²) in [5, 5.41) is 1.73. The van der Waals surface area contributed by atoms with Crippen LogP contribution in [0.25, 0.3) is 0 Å². The second-order valence-corrected chi connectivity index (χ2v) is 4.95. The highest BCUT2D eigenvalue weighted by molar-refractivity contribution is 6.40. The maximum absolute atomic E-state index is 6.00. The van der Waals surface area contributed by atoms with Crippen molar-refractivity contribution < 1.29 is 4.74 Å². The van der Waals surface area contributed by atoms with Gasteiger partial charge in [-0.05, 0) is 30.3 Å². The minimum absolute atomic E-state index is 0.350. The molecule has 88 valence electrons. The van der Waals surface area contributed by atoms with Gasteiger partial charge in [-0.3, -0.25) is 0 Å². The molecule has 0 aromatic heterocycles. The molecular formula is C12H6Cl4O. The number of hydrogen-bond donors (Lipinski definition) is 0. The second kappa shape index (κ2) is 5.36. The zero-order valence-electron chi connectivity index (χ0n) is 8.38. The predicted molar refractivity (Wildman–Crippen MR) is 73.0 cm³/mol. The van der Waals surface area contributed by atoms with Crippen LogP contribution in [0, 0.1) is 0 Å². The largest absolute Gasteiger partial charge is 0.454 e. The Kier molecular flexibility index (Phi) is 4.05. The zero-order chi connectivity index (χ0) is 12.4. The van der Waals surface area contributed by atoms with Crippen LogP contribution in [0.2, 0.25) is 20.1 Å². The quantitative estimate of drug-likeness (QED) is 0.652. The molecule has 0 saturated heterocycles. The van der Waals surface area contributed by atoms with E-state index in [2.05, 4.69) is 0 Å². The van der Waals surface area contributed by atoms with Crippen molar-refractivity contribution in [3.63, 3.8) is 0 Å². The van der Waals surface area contributed by atoms with Gasteiger partial charge in [-0.2, -0.15) is 0 Å². The standard InChI is InChI=1S/C12H6Cl4O/c13-7-2-1-3-9(4-7)17-12-10(15)5-8(14)6-11(12)16/h1-6H. The monoisotopic (exact) mass is 306 g/mol. The van der Waals surface area contributed by atoms with Crippen molar-refractivity contribution >= 4 is 46.4 Å². The first-order valence-corrected chi connectivity index (χ1v) is 6.15. The smallest absolute Gasteiger partial charge is 0.164 e. The van der Waals surface area contributed by atoms with E-state index in [4.69, 9.17) is 51.1 Å². The van der Waals surface area contributed by atoms with Crippen molar-refractivity contribution in [2.45, 2.75) is 0 Å². The van der Waals surface area contributed by atoms with E-state index in [1.54, 1.807) is 36.4 Å². The van der Waals surface area contributed by atoms with Gasteiger partial charge in [0.05, 0.1) is 10.0 Å². The molecule has 0 aliphatic carbocycles. The molecular weight excluding hydrogens is 302 g/mol. The molecule has 17 heavy (non-hydrogen) atoms. The summed E-state index contributed by atoms with van der Waals surface area (Å²) in [6.45, 7) is 0. The normalized spacial score (nSPS) is 10.4. The van der Waals surface area contributed by atoms with Crippen LogP contribution < -0.4 is 4.74 Å². The average Bonchev–Trinajstić information content (AvgIpc) is 2.23. The van der Waals surface area contributed by atoms with E-state index in [0.717, 1.165) is 0 Å². The number of ether oxygens (including phenoxy) is 1. The Balaban J connectivity index is 2.36. The summed E-state index contributed by atoms with van der Waals surface area (Å²) in [5.41, 5.74) is 0. The van der Waals surface area contributed by atoms with Crippen molar-refractivity contribution in [1.82, 2.24) is 0 Å². The van der Waals surface area contributed by atoms with Gasteiger partial charge in [-0.15, -0.1) is 0 Å². The van der Waals surface area contributed by atoms with Crippen molar-refractivity contribution in [3.05, 3.63) is 56.5 Å². The molecule has 0 aliphatic heterocycles. The van der Waals surface area contributed by atoms with Crippen LogP contribution in [0.4, 0.5) is 0 Å². The molecule has 0 radical (unpaired) electrons. The average molecular weight is 308 g/mol. The summed E-state index contributed by atoms with van der Waals surface area (Å²) in [6.07, 6.45) is 0. The van der Waals surface area contributed by atoms with E-state index in [-0.39, 0.29) is 0 Å². The van der Waals surface area contributed by atoms with Crippen molar-refractivity contribution in [1.29, 1.82) is 0 Å². The lowest BCUT2D eigenvalue weighted by atomic mass is 10.3. The Labute approximate surface area is 119 Å². The van der Waals surface area contributed by atoms with Gasteiger partial charge in [0.25, 0.3) is 0 Å². The molecule has 0 saturated carbocycles. The number of benzene rings is 2. The van der Waals surface area contributed by atoms with Crippen LogP contribution in [-0.4, -0.2) is 0 Å². The van der Waals surface area contributed by atoms with Crippen LogP contribution in [0.3, 0.4) is 0 Å². The Bertz CT molecular complexity index is 531. The molecule has 0 spiro atoms. The van der Waals surface area contributed by atoms with Crippen molar-refractivity contribution in [2.75, 3.05) is 0 Å². The first-order valence-electron chi connectivity index (χ1n) is 4.64. The Morgan fingerprint density at radius 2 is 1.41 bits per heavy atom. The molecule has 0 unspecified atom stereocenters. The van der Waals surface area contributed by atoms with Gasteiger partial charge in [0, 0.05) is 10.0 Å². The summed E-state index contributed by atoms with van der Waals surface area (Å²) >= 11 is 23.6. The fourth-order valence-electron chi connectivity index (χ4n) is 1.27. The van der Waals surface area contributed by atoms with Gasteiger partial charge in [0.15, 0.2) is 5.75 Å². The van der Waals surface area contributed by atoms with Gasteiger partial charge < -0.3 is 4.74 Å². The van der Waals surface area contributed by atoms with Crippen LogP contribution in [-0.2, 0) is 0 Å². The molecule has 0 aliphatic rings. The molecule has 0 heterocycles. The fraction of sp³-hybridized carbons (Fsp3) is 0. The number of rotatable bonds is 2. The lowest BCUT2D eigenvalue weighted by molar-refractivity contribution is 0.483. The third kappa shape index (κ3) is 3.20. The molecule has 0 fully saturated rings. The van der Waals surface area contributed by atoms with E-state index >= 15 is 0 Å². The highest BCUT2D eigenvalue weighted by atomic mass is 35.5. The molecule has 2 rings (SSSR count). The molecule has 0 atom stereocenters. The van der Waals surface area contributed by atoms with Crippen LogP contribution in [0.1, 0.15) is 0 Å². The van der Waals surface area contributed by atoms with Crippen LogP contribution in [0.15, 0.2) is 36.4 Å². The van der Waals surface area contributed by atoms with Gasteiger partial charge in [0.2, 0.25) is 0 Å². The first kappa shape index (κ1) is 12.8. The lowest BCUT2D eigenvalue weighted by Crippen LogP contribution is -1.86. The maximum Gasteiger partial charge on any atom is 0.164 e. The Morgan fingerprint density at radius 3 is 2.00 bits per heavy atom. The third-order valence-electron chi connectivity index (χ3n) is 1.98. The van der Waals surface area contributed by atoms with Crippen LogP contribution in [0.5, 0.6) is 11.5 Å². The van der Waals surface area contributed by atoms with E-state index in [9.17, 15) is 0 Å². The maximum atomic E-state index is 6.00. The topological polar surface area (TPSA) is 9.23 Å². The zero-order valence-corrected chi connectivity index (χ0v) is 11.4. The summed E-state index contributed by atoms with van der Waals surface area (Å²) in [5.74, 6) is 0.920. The highest BCUT2D eigenvalue weighted by Crippen LogP contribution is 2.38.